The zero-order chi connectivity index (χ0) is 14.3. The van der Waals surface area contributed by atoms with E-state index in [-0.39, 0.29) is 15.6 Å². The largest absolute Gasteiger partial charge is 0.463 e. The number of hydrogen-bond donors (Lipinski definition) is 0. The molecule has 0 unspecified atom stereocenters. The van der Waals surface area contributed by atoms with Gasteiger partial charge in [-0.2, -0.15) is 0 Å². The van der Waals surface area contributed by atoms with E-state index >= 15 is 0 Å². The third-order valence-corrected chi connectivity index (χ3v) is 2.88. The summed E-state index contributed by atoms with van der Waals surface area (Å²) in [5, 5.41) is 0.355. The Bertz CT molecular complexity index is 440. The molecule has 0 fully saturated rings. The third kappa shape index (κ3) is 5.09. The van der Waals surface area contributed by atoms with Gasteiger partial charge in [0.05, 0.1) is 22.2 Å². The van der Waals surface area contributed by atoms with Crippen LogP contribution in [0.5, 0.6) is 0 Å². The summed E-state index contributed by atoms with van der Waals surface area (Å²) in [5.41, 5.74) is 0.0483. The van der Waals surface area contributed by atoms with E-state index in [1.165, 1.54) is 12.1 Å². The molecular formula is C13H14Cl2O4. The van der Waals surface area contributed by atoms with Gasteiger partial charge in [0.1, 0.15) is 0 Å². The van der Waals surface area contributed by atoms with E-state index in [1.807, 2.05) is 6.92 Å². The van der Waals surface area contributed by atoms with Gasteiger partial charge in [0.15, 0.2) is 6.61 Å². The Hall–Kier alpha value is -1.26. The van der Waals surface area contributed by atoms with Gasteiger partial charge >= 0.3 is 11.9 Å². The van der Waals surface area contributed by atoms with Gasteiger partial charge in [-0.3, -0.25) is 0 Å². The standard InChI is InChI=1S/C13H14Cl2O4/c1-2-3-7-18-11(16)8-19-13(17)12-9(14)5-4-6-10(12)15/h4-6H,2-3,7-8H2,1H3. The Morgan fingerprint density at radius 1 is 1.16 bits per heavy atom. The molecule has 0 amide bonds. The molecule has 4 nitrogen and oxygen atoms in total. The second kappa shape index (κ2) is 8.02. The molecule has 0 heterocycles. The number of ether oxygens (including phenoxy) is 2. The first-order valence-electron chi connectivity index (χ1n) is 5.83. The average Bonchev–Trinajstić information content (AvgIpc) is 2.36. The normalized spacial score (nSPS) is 10.1. The maximum atomic E-state index is 11.7. The van der Waals surface area contributed by atoms with Crippen LogP contribution in [0.4, 0.5) is 0 Å². The van der Waals surface area contributed by atoms with Crippen molar-refractivity contribution in [3.05, 3.63) is 33.8 Å². The third-order valence-electron chi connectivity index (χ3n) is 2.25. The predicted molar refractivity (Wildman–Crippen MR) is 72.6 cm³/mol. The van der Waals surface area contributed by atoms with Crippen LogP contribution in [0.25, 0.3) is 0 Å². The van der Waals surface area contributed by atoms with Crippen molar-refractivity contribution >= 4 is 35.1 Å². The average molecular weight is 305 g/mol. The summed E-state index contributed by atoms with van der Waals surface area (Å²) < 4.78 is 9.65. The molecule has 0 aliphatic carbocycles. The molecule has 0 N–H and O–H groups in total. The van der Waals surface area contributed by atoms with Gasteiger partial charge in [-0.05, 0) is 18.6 Å². The highest BCUT2D eigenvalue weighted by Gasteiger charge is 2.17. The fourth-order valence-electron chi connectivity index (χ4n) is 1.26. The van der Waals surface area contributed by atoms with E-state index in [4.69, 9.17) is 32.7 Å². The van der Waals surface area contributed by atoms with Gasteiger partial charge in [0, 0.05) is 0 Å². The van der Waals surface area contributed by atoms with E-state index in [0.717, 1.165) is 12.8 Å². The summed E-state index contributed by atoms with van der Waals surface area (Å²) >= 11 is 11.7. The number of hydrogen-bond acceptors (Lipinski definition) is 4. The van der Waals surface area contributed by atoms with Crippen molar-refractivity contribution in [3.63, 3.8) is 0 Å². The molecular weight excluding hydrogens is 291 g/mol. The zero-order valence-corrected chi connectivity index (χ0v) is 12.0. The minimum atomic E-state index is -0.747. The molecule has 0 saturated heterocycles. The number of carbonyl (C=O) groups excluding carboxylic acids is 2. The highest BCUT2D eigenvalue weighted by molar-refractivity contribution is 6.39. The molecule has 104 valence electrons. The molecule has 0 spiro atoms. The number of unbranched alkanes of at least 4 members (excludes halogenated alkanes) is 1. The molecule has 19 heavy (non-hydrogen) atoms. The molecule has 0 aliphatic rings. The van der Waals surface area contributed by atoms with Crippen molar-refractivity contribution in [1.29, 1.82) is 0 Å². The van der Waals surface area contributed by atoms with Gasteiger partial charge in [-0.15, -0.1) is 0 Å². The molecule has 1 rings (SSSR count). The highest BCUT2D eigenvalue weighted by atomic mass is 35.5. The number of rotatable bonds is 6. The van der Waals surface area contributed by atoms with E-state index in [0.29, 0.717) is 6.61 Å². The van der Waals surface area contributed by atoms with Gasteiger partial charge in [-0.1, -0.05) is 42.6 Å². The highest BCUT2D eigenvalue weighted by Crippen LogP contribution is 2.24. The smallest absolute Gasteiger partial charge is 0.344 e. The van der Waals surface area contributed by atoms with Gasteiger partial charge in [0.25, 0.3) is 0 Å². The van der Waals surface area contributed by atoms with Crippen molar-refractivity contribution in [2.45, 2.75) is 19.8 Å². The second-order valence-electron chi connectivity index (χ2n) is 3.75. The van der Waals surface area contributed by atoms with Gasteiger partial charge in [-0.25, -0.2) is 9.59 Å². The minimum absolute atomic E-state index is 0.0483. The van der Waals surface area contributed by atoms with E-state index in [2.05, 4.69) is 0 Å². The van der Waals surface area contributed by atoms with Gasteiger partial charge < -0.3 is 9.47 Å². The Morgan fingerprint density at radius 3 is 2.37 bits per heavy atom. The van der Waals surface area contributed by atoms with E-state index < -0.39 is 18.5 Å². The summed E-state index contributed by atoms with van der Waals surface area (Å²) in [7, 11) is 0. The summed E-state index contributed by atoms with van der Waals surface area (Å²) in [5.74, 6) is -1.34. The Balaban J connectivity index is 2.49. The number of carbonyl (C=O) groups is 2. The first-order chi connectivity index (χ1) is 9.06. The van der Waals surface area contributed by atoms with E-state index in [9.17, 15) is 9.59 Å². The van der Waals surface area contributed by atoms with Crippen LogP contribution in [0.3, 0.4) is 0 Å². The summed E-state index contributed by atoms with van der Waals surface area (Å²) in [6, 6.07) is 4.65. The molecule has 6 heteroatoms. The van der Waals surface area contributed by atoms with Crippen molar-refractivity contribution in [1.82, 2.24) is 0 Å². The first kappa shape index (κ1) is 15.8. The van der Waals surface area contributed by atoms with Crippen LogP contribution < -0.4 is 0 Å². The zero-order valence-electron chi connectivity index (χ0n) is 10.4. The van der Waals surface area contributed by atoms with Crippen LogP contribution in [0.1, 0.15) is 30.1 Å². The topological polar surface area (TPSA) is 52.6 Å². The molecule has 0 radical (unpaired) electrons. The number of halogens is 2. The maximum absolute atomic E-state index is 11.7. The molecule has 0 atom stereocenters. The molecule has 1 aromatic carbocycles. The van der Waals surface area contributed by atoms with Crippen LogP contribution in [0.15, 0.2) is 18.2 Å². The van der Waals surface area contributed by atoms with Crippen molar-refractivity contribution in [3.8, 4) is 0 Å². The summed E-state index contributed by atoms with van der Waals surface area (Å²) in [6.07, 6.45) is 1.69. The van der Waals surface area contributed by atoms with Crippen LogP contribution in [-0.2, 0) is 14.3 Å². The molecule has 0 saturated carbocycles. The fourth-order valence-corrected chi connectivity index (χ4v) is 1.81. The summed E-state index contributed by atoms with van der Waals surface area (Å²) in [4.78, 5) is 23.0. The second-order valence-corrected chi connectivity index (χ2v) is 4.56. The molecule has 0 bridgehead atoms. The van der Waals surface area contributed by atoms with E-state index in [1.54, 1.807) is 6.07 Å². The fraction of sp³-hybridized carbons (Fsp3) is 0.385. The lowest BCUT2D eigenvalue weighted by Gasteiger charge is -2.07. The Kier molecular flexibility index (Phi) is 6.67. The van der Waals surface area contributed by atoms with Crippen LogP contribution in [0, 0.1) is 0 Å². The number of esters is 2. The lowest BCUT2D eigenvalue weighted by Crippen LogP contribution is -2.17. The first-order valence-corrected chi connectivity index (χ1v) is 6.58. The lowest BCUT2D eigenvalue weighted by atomic mass is 10.2. The van der Waals surface area contributed by atoms with Crippen molar-refractivity contribution < 1.29 is 19.1 Å². The van der Waals surface area contributed by atoms with Crippen LogP contribution in [-0.4, -0.2) is 25.2 Å². The summed E-state index contributed by atoms with van der Waals surface area (Å²) in [6.45, 7) is 1.84. The Labute approximate surface area is 121 Å². The SMILES string of the molecule is CCCCOC(=O)COC(=O)c1c(Cl)cccc1Cl. The minimum Gasteiger partial charge on any atom is -0.463 e. The van der Waals surface area contributed by atoms with Crippen molar-refractivity contribution in [2.24, 2.45) is 0 Å². The Morgan fingerprint density at radius 2 is 1.79 bits per heavy atom. The number of benzene rings is 1. The van der Waals surface area contributed by atoms with Gasteiger partial charge in [0.2, 0.25) is 0 Å². The van der Waals surface area contributed by atoms with Crippen LogP contribution in [0.2, 0.25) is 10.0 Å². The molecule has 0 aromatic heterocycles. The molecule has 0 aliphatic heterocycles. The maximum Gasteiger partial charge on any atom is 0.344 e. The monoisotopic (exact) mass is 304 g/mol. The predicted octanol–water partition coefficient (Wildman–Crippen LogP) is 3.49. The lowest BCUT2D eigenvalue weighted by molar-refractivity contribution is -0.147. The molecule has 1 aromatic rings. The van der Waals surface area contributed by atoms with Crippen molar-refractivity contribution in [2.75, 3.05) is 13.2 Å². The van der Waals surface area contributed by atoms with Crippen LogP contribution >= 0.6 is 23.2 Å². The quantitative estimate of drug-likeness (QED) is 0.596.